The second-order valence-corrected chi connectivity index (χ2v) is 11.1. The molecule has 6 N–H and O–H groups in total. The van der Waals surface area contributed by atoms with E-state index in [9.17, 15) is 19.2 Å². The van der Waals surface area contributed by atoms with Gasteiger partial charge in [-0.1, -0.05) is 25.0 Å². The van der Waals surface area contributed by atoms with E-state index in [0.29, 0.717) is 28.5 Å². The lowest BCUT2D eigenvalue weighted by molar-refractivity contribution is -0.132. The van der Waals surface area contributed by atoms with Gasteiger partial charge in [-0.15, -0.1) is 0 Å². The zero-order valence-electron chi connectivity index (χ0n) is 23.1. The number of hydrogen-bond acceptors (Lipinski definition) is 7. The fourth-order valence-corrected chi connectivity index (χ4v) is 6.04. The van der Waals surface area contributed by atoms with E-state index in [4.69, 9.17) is 16.5 Å². The van der Waals surface area contributed by atoms with Gasteiger partial charge in [0.05, 0.1) is 0 Å². The first kappa shape index (κ1) is 27.1. The Morgan fingerprint density at radius 1 is 0.976 bits per heavy atom. The molecule has 2 aromatic carbocycles. The molecule has 2 aliphatic rings. The first-order valence-corrected chi connectivity index (χ1v) is 13.9. The van der Waals surface area contributed by atoms with Crippen molar-refractivity contribution in [3.8, 4) is 0 Å². The third kappa shape index (κ3) is 4.76. The summed E-state index contributed by atoms with van der Waals surface area (Å²) in [4.78, 5) is 59.1. The number of hydrogen-bond donors (Lipinski definition) is 4. The van der Waals surface area contributed by atoms with Gasteiger partial charge in [0.25, 0.3) is 5.56 Å². The van der Waals surface area contributed by atoms with Crippen LogP contribution in [0.4, 0.5) is 17.3 Å². The number of carbonyl (C=O) groups is 3. The first-order chi connectivity index (χ1) is 20.2. The smallest absolute Gasteiger partial charge is 0.252 e. The zero-order chi connectivity index (χ0) is 29.6. The Morgan fingerprint density at radius 3 is 2.29 bits per heavy atom. The number of carbonyl (C=O) groups excluding carboxylic acids is 3. The molecule has 2 atom stereocenters. The number of fused-ring (bicyclic) bond motifs is 1. The lowest BCUT2D eigenvalue weighted by atomic mass is 9.96. The van der Waals surface area contributed by atoms with Crippen molar-refractivity contribution in [1.29, 1.82) is 0 Å². The van der Waals surface area contributed by atoms with Crippen LogP contribution in [-0.2, 0) is 9.59 Å². The molecule has 0 bridgehead atoms. The van der Waals surface area contributed by atoms with Gasteiger partial charge in [0.15, 0.2) is 0 Å². The van der Waals surface area contributed by atoms with Gasteiger partial charge >= 0.3 is 0 Å². The molecule has 0 radical (unpaired) electrons. The van der Waals surface area contributed by atoms with E-state index in [1.54, 1.807) is 65.4 Å². The standard InChI is InChI=1S/C31H31N7O4/c1-17-14-25(39)38(22-4-2-3-5-22)27-23(17)16-34-30(37-27)36-21-12-10-20(11-13-21)35-29(42)31(28(33)41)15-24(31)18-6-8-19(9-7-18)26(32)40/h6-14,16,22,24H,2-5,15H2,1H3,(H2,32,40)(H2,33,41)(H,35,42)(H,34,36,37). The lowest BCUT2D eigenvalue weighted by Crippen LogP contribution is -2.37. The van der Waals surface area contributed by atoms with Crippen molar-refractivity contribution in [2.45, 2.75) is 51.0 Å². The van der Waals surface area contributed by atoms with Crippen LogP contribution in [0.15, 0.2) is 65.6 Å². The SMILES string of the molecule is Cc1cc(=O)n(C2CCCC2)c2nc(Nc3ccc(NC(=O)C4(C(N)=O)CC4c4ccc(C(N)=O)cc4)cc3)ncc12. The molecule has 4 aromatic rings. The monoisotopic (exact) mass is 565 g/mol. The van der Waals surface area contributed by atoms with Crippen LogP contribution >= 0.6 is 0 Å². The normalized spacial score (nSPS) is 19.9. The maximum absolute atomic E-state index is 13.2. The molecule has 214 valence electrons. The second kappa shape index (κ2) is 10.4. The van der Waals surface area contributed by atoms with Crippen molar-refractivity contribution in [3.63, 3.8) is 0 Å². The zero-order valence-corrected chi connectivity index (χ0v) is 23.1. The second-order valence-electron chi connectivity index (χ2n) is 11.1. The quantitative estimate of drug-likeness (QED) is 0.236. The Balaban J connectivity index is 1.18. The molecule has 0 saturated heterocycles. The van der Waals surface area contributed by atoms with Gasteiger partial charge < -0.3 is 22.1 Å². The van der Waals surface area contributed by atoms with Crippen molar-refractivity contribution in [2.75, 3.05) is 10.6 Å². The van der Waals surface area contributed by atoms with E-state index >= 15 is 0 Å². The van der Waals surface area contributed by atoms with Gasteiger partial charge in [0.1, 0.15) is 11.1 Å². The molecule has 6 rings (SSSR count). The van der Waals surface area contributed by atoms with Crippen LogP contribution in [0.25, 0.3) is 11.0 Å². The van der Waals surface area contributed by atoms with Crippen LogP contribution in [0.2, 0.25) is 0 Å². The molecule has 2 saturated carbocycles. The largest absolute Gasteiger partial charge is 0.369 e. The maximum Gasteiger partial charge on any atom is 0.252 e. The number of rotatable bonds is 8. The van der Waals surface area contributed by atoms with Crippen LogP contribution in [0, 0.1) is 12.3 Å². The molecule has 2 unspecified atom stereocenters. The summed E-state index contributed by atoms with van der Waals surface area (Å²) in [6.45, 7) is 1.89. The number of aromatic nitrogens is 3. The minimum atomic E-state index is -1.38. The number of primary amides is 2. The summed E-state index contributed by atoms with van der Waals surface area (Å²) in [6.07, 6.45) is 6.10. The Labute approximate surface area is 241 Å². The number of pyridine rings is 1. The van der Waals surface area contributed by atoms with Gasteiger partial charge in [-0.2, -0.15) is 4.98 Å². The molecule has 11 heteroatoms. The third-order valence-corrected chi connectivity index (χ3v) is 8.49. The number of amides is 3. The van der Waals surface area contributed by atoms with Gasteiger partial charge in [-0.05, 0) is 73.7 Å². The van der Waals surface area contributed by atoms with Gasteiger partial charge in [0.2, 0.25) is 23.7 Å². The molecule has 2 aliphatic carbocycles. The van der Waals surface area contributed by atoms with E-state index < -0.39 is 29.1 Å². The van der Waals surface area contributed by atoms with E-state index in [0.717, 1.165) is 42.2 Å². The Hall–Kier alpha value is -5.06. The molecule has 2 heterocycles. The number of nitrogens with zero attached hydrogens (tertiary/aromatic N) is 3. The average Bonchev–Trinajstić information content (AvgIpc) is 3.53. The summed E-state index contributed by atoms with van der Waals surface area (Å²) in [5.41, 5.74) is 13.3. The minimum absolute atomic E-state index is 0.0500. The van der Waals surface area contributed by atoms with Gasteiger partial charge in [0, 0.05) is 46.5 Å². The summed E-state index contributed by atoms with van der Waals surface area (Å²) in [5.74, 6) is -1.79. The lowest BCUT2D eigenvalue weighted by Gasteiger charge is -2.17. The highest BCUT2D eigenvalue weighted by Crippen LogP contribution is 2.59. The van der Waals surface area contributed by atoms with Crippen LogP contribution < -0.4 is 27.7 Å². The number of anilines is 3. The number of benzene rings is 2. The summed E-state index contributed by atoms with van der Waals surface area (Å²) < 4.78 is 1.80. The minimum Gasteiger partial charge on any atom is -0.369 e. The van der Waals surface area contributed by atoms with Crippen molar-refractivity contribution in [2.24, 2.45) is 16.9 Å². The molecular weight excluding hydrogens is 534 g/mol. The van der Waals surface area contributed by atoms with Gasteiger partial charge in [-0.25, -0.2) is 4.98 Å². The highest BCUT2D eigenvalue weighted by Gasteiger charge is 2.65. The van der Waals surface area contributed by atoms with Crippen LogP contribution in [0.1, 0.15) is 65.5 Å². The van der Waals surface area contributed by atoms with Crippen molar-refractivity contribution < 1.29 is 14.4 Å². The molecular formula is C31H31N7O4. The molecule has 0 spiro atoms. The Morgan fingerprint density at radius 2 is 1.64 bits per heavy atom. The fraction of sp³-hybridized carbons (Fsp3) is 0.290. The van der Waals surface area contributed by atoms with Gasteiger partial charge in [-0.3, -0.25) is 23.7 Å². The van der Waals surface area contributed by atoms with E-state index in [-0.39, 0.29) is 18.0 Å². The molecule has 11 nitrogen and oxygen atoms in total. The molecule has 42 heavy (non-hydrogen) atoms. The first-order valence-electron chi connectivity index (χ1n) is 13.9. The third-order valence-electron chi connectivity index (χ3n) is 8.49. The summed E-state index contributed by atoms with van der Waals surface area (Å²) in [6, 6.07) is 15.2. The van der Waals surface area contributed by atoms with Crippen molar-refractivity contribution >= 4 is 46.1 Å². The maximum atomic E-state index is 13.2. The predicted octanol–water partition coefficient (Wildman–Crippen LogP) is 3.66. The van der Waals surface area contributed by atoms with E-state index in [1.165, 1.54) is 0 Å². The van der Waals surface area contributed by atoms with Crippen LogP contribution in [-0.4, -0.2) is 32.3 Å². The van der Waals surface area contributed by atoms with Crippen molar-refractivity contribution in [1.82, 2.24) is 14.5 Å². The molecule has 0 aliphatic heterocycles. The average molecular weight is 566 g/mol. The Kier molecular flexibility index (Phi) is 6.72. The van der Waals surface area contributed by atoms with Crippen LogP contribution in [0.3, 0.4) is 0 Å². The van der Waals surface area contributed by atoms with E-state index in [1.807, 2.05) is 6.92 Å². The summed E-state index contributed by atoms with van der Waals surface area (Å²) in [5, 5.41) is 6.83. The highest BCUT2D eigenvalue weighted by atomic mass is 16.2. The molecule has 3 amide bonds. The predicted molar refractivity (Wildman–Crippen MR) is 158 cm³/mol. The topological polar surface area (TPSA) is 175 Å². The Bertz CT molecular complexity index is 1780. The molecule has 2 fully saturated rings. The number of nitrogens with two attached hydrogens (primary N) is 2. The number of aryl methyl sites for hydroxylation is 1. The van der Waals surface area contributed by atoms with Crippen LogP contribution in [0.5, 0.6) is 0 Å². The summed E-state index contributed by atoms with van der Waals surface area (Å²) >= 11 is 0. The number of nitrogens with one attached hydrogen (secondary N) is 2. The fourth-order valence-electron chi connectivity index (χ4n) is 6.04. The molecule has 2 aromatic heterocycles. The summed E-state index contributed by atoms with van der Waals surface area (Å²) in [7, 11) is 0. The van der Waals surface area contributed by atoms with Crippen molar-refractivity contribution in [3.05, 3.63) is 87.8 Å². The van der Waals surface area contributed by atoms with E-state index in [2.05, 4.69) is 15.6 Å². The highest BCUT2D eigenvalue weighted by molar-refractivity contribution is 6.14.